The molecule has 1 aromatic heterocycles. The molecule has 3 rings (SSSR count). The number of rotatable bonds is 6. The number of nitrogens with zero attached hydrogens (tertiary/aromatic N) is 2. The highest BCUT2D eigenvalue weighted by Crippen LogP contribution is 2.42. The quantitative estimate of drug-likeness (QED) is 0.822. The third-order valence-electron chi connectivity index (χ3n) is 4.76. The first-order valence-corrected chi connectivity index (χ1v) is 10.2. The van der Waals surface area contributed by atoms with E-state index in [9.17, 15) is 26.4 Å². The maximum absolute atomic E-state index is 12.9. The van der Waals surface area contributed by atoms with E-state index in [0.29, 0.717) is 25.7 Å². The number of aromatic nitrogens is 2. The summed E-state index contributed by atoms with van der Waals surface area (Å²) in [6.45, 7) is 0.135. The average molecular weight is 379 g/mol. The maximum atomic E-state index is 12.9. The molecule has 2 fully saturated rings. The summed E-state index contributed by atoms with van der Waals surface area (Å²) in [6.07, 6.45) is 0.150. The van der Waals surface area contributed by atoms with Crippen LogP contribution in [0.1, 0.15) is 54.3 Å². The van der Waals surface area contributed by atoms with Gasteiger partial charge in [0.2, 0.25) is 0 Å². The Morgan fingerprint density at radius 2 is 2.04 bits per heavy atom. The molecule has 0 bridgehead atoms. The molecular weight excluding hydrogens is 359 g/mol. The first-order chi connectivity index (χ1) is 11.5. The van der Waals surface area contributed by atoms with Crippen molar-refractivity contribution in [3.63, 3.8) is 0 Å². The number of halogens is 3. The van der Waals surface area contributed by atoms with Crippen LogP contribution >= 0.6 is 0 Å². The first-order valence-electron chi connectivity index (χ1n) is 8.12. The van der Waals surface area contributed by atoms with Crippen LogP contribution < -0.4 is 5.32 Å². The van der Waals surface area contributed by atoms with Crippen molar-refractivity contribution >= 4 is 15.7 Å². The number of amides is 1. The molecule has 10 heteroatoms. The van der Waals surface area contributed by atoms with E-state index in [1.54, 1.807) is 0 Å². The van der Waals surface area contributed by atoms with Crippen molar-refractivity contribution in [3.8, 4) is 0 Å². The fraction of sp³-hybridized carbons (Fsp3) is 0.733. The van der Waals surface area contributed by atoms with Crippen LogP contribution in [0.25, 0.3) is 0 Å². The minimum Gasteiger partial charge on any atom is -0.350 e. The number of carbonyl (C=O) groups excluding carboxylic acids is 1. The molecule has 25 heavy (non-hydrogen) atoms. The van der Waals surface area contributed by atoms with Gasteiger partial charge in [-0.15, -0.1) is 0 Å². The Labute approximate surface area is 143 Å². The molecule has 0 atom stereocenters. The van der Waals surface area contributed by atoms with Gasteiger partial charge in [0.1, 0.15) is 15.5 Å². The zero-order valence-electron chi connectivity index (χ0n) is 13.8. The smallest absolute Gasteiger partial charge is 0.350 e. The lowest BCUT2D eigenvalue weighted by molar-refractivity contribution is -0.141. The summed E-state index contributed by atoms with van der Waals surface area (Å²) in [6, 6.07) is 0.586. The third-order valence-corrected chi connectivity index (χ3v) is 5.89. The monoisotopic (exact) mass is 379 g/mol. The van der Waals surface area contributed by atoms with Gasteiger partial charge in [0.15, 0.2) is 5.69 Å². The van der Waals surface area contributed by atoms with Crippen LogP contribution in [0, 0.1) is 5.41 Å². The minimum absolute atomic E-state index is 0.0318. The highest BCUT2D eigenvalue weighted by Gasteiger charge is 2.41. The second kappa shape index (κ2) is 6.00. The molecule has 140 valence electrons. The Balaban J connectivity index is 1.74. The summed E-state index contributed by atoms with van der Waals surface area (Å²) in [5.74, 6) is -0.676. The third kappa shape index (κ3) is 4.16. The molecule has 2 aliphatic rings. The molecule has 6 nitrogen and oxygen atoms in total. The molecule has 1 heterocycles. The van der Waals surface area contributed by atoms with Gasteiger partial charge in [0, 0.05) is 24.3 Å². The largest absolute Gasteiger partial charge is 0.435 e. The van der Waals surface area contributed by atoms with Crippen molar-refractivity contribution in [1.82, 2.24) is 15.1 Å². The van der Waals surface area contributed by atoms with E-state index in [1.807, 2.05) is 0 Å². The first kappa shape index (κ1) is 18.2. The van der Waals surface area contributed by atoms with Crippen LogP contribution in [-0.2, 0) is 16.0 Å². The summed E-state index contributed by atoms with van der Waals surface area (Å²) in [4.78, 5) is 12.4. The maximum Gasteiger partial charge on any atom is 0.435 e. The van der Waals surface area contributed by atoms with Crippen molar-refractivity contribution in [2.45, 2.75) is 44.3 Å². The number of hydrogen-bond donors (Lipinski definition) is 1. The lowest BCUT2D eigenvalue weighted by atomic mass is 9.70. The van der Waals surface area contributed by atoms with Gasteiger partial charge in [-0.05, 0) is 25.7 Å². The van der Waals surface area contributed by atoms with E-state index in [1.165, 1.54) is 0 Å². The van der Waals surface area contributed by atoms with Gasteiger partial charge < -0.3 is 5.32 Å². The van der Waals surface area contributed by atoms with Crippen LogP contribution in [0.15, 0.2) is 6.07 Å². The summed E-state index contributed by atoms with van der Waals surface area (Å²) in [5, 5.41) is 6.16. The summed E-state index contributed by atoms with van der Waals surface area (Å²) < 4.78 is 62.9. The standard InChI is InChI=1S/C15H20F3N3O3S/c1-25(23,24)9-14(5-2-6-14)8-19-13(22)11-7-12(15(16,17)18)20-21(11)10-3-4-10/h7,10H,2-6,8-9H2,1H3,(H,19,22). The molecule has 1 amide bonds. The van der Waals surface area contributed by atoms with Crippen LogP contribution in [0.4, 0.5) is 13.2 Å². The molecule has 2 saturated carbocycles. The van der Waals surface area contributed by atoms with E-state index >= 15 is 0 Å². The minimum atomic E-state index is -4.61. The fourth-order valence-electron chi connectivity index (χ4n) is 3.26. The van der Waals surface area contributed by atoms with Crippen LogP contribution in [0.5, 0.6) is 0 Å². The number of nitrogens with one attached hydrogen (secondary N) is 1. The Morgan fingerprint density at radius 1 is 1.40 bits per heavy atom. The van der Waals surface area contributed by atoms with Crippen LogP contribution in [0.3, 0.4) is 0 Å². The molecule has 0 radical (unpaired) electrons. The zero-order valence-corrected chi connectivity index (χ0v) is 14.6. The Morgan fingerprint density at radius 3 is 2.48 bits per heavy atom. The number of hydrogen-bond acceptors (Lipinski definition) is 4. The highest BCUT2D eigenvalue weighted by atomic mass is 32.2. The molecule has 0 aromatic carbocycles. The van der Waals surface area contributed by atoms with Gasteiger partial charge in [-0.1, -0.05) is 6.42 Å². The van der Waals surface area contributed by atoms with Gasteiger partial charge in [0.25, 0.3) is 5.91 Å². The lowest BCUT2D eigenvalue weighted by Gasteiger charge is -2.41. The highest BCUT2D eigenvalue weighted by molar-refractivity contribution is 7.90. The van der Waals surface area contributed by atoms with Gasteiger partial charge in [0.05, 0.1) is 11.8 Å². The van der Waals surface area contributed by atoms with E-state index in [4.69, 9.17) is 0 Å². The topological polar surface area (TPSA) is 81.1 Å². The van der Waals surface area contributed by atoms with Gasteiger partial charge >= 0.3 is 6.18 Å². The number of carbonyl (C=O) groups is 1. The van der Waals surface area contributed by atoms with Crippen LogP contribution in [-0.4, -0.2) is 42.7 Å². The normalized spacial score (nSPS) is 20.2. The number of alkyl halides is 3. The predicted molar refractivity (Wildman–Crippen MR) is 83.8 cm³/mol. The summed E-state index contributed by atoms with van der Waals surface area (Å²) >= 11 is 0. The van der Waals surface area contributed by atoms with Crippen molar-refractivity contribution < 1.29 is 26.4 Å². The summed E-state index contributed by atoms with van der Waals surface area (Å²) in [7, 11) is -3.20. The predicted octanol–water partition coefficient (Wildman–Crippen LogP) is 2.18. The molecule has 1 aromatic rings. The molecule has 2 aliphatic carbocycles. The SMILES string of the molecule is CS(=O)(=O)CC1(CNC(=O)c2cc(C(F)(F)F)nn2C2CC2)CCC1. The second-order valence-electron chi connectivity index (χ2n) is 7.19. The summed E-state index contributed by atoms with van der Waals surface area (Å²) in [5.41, 5.74) is -1.72. The van der Waals surface area contributed by atoms with E-state index in [-0.39, 0.29) is 24.0 Å². The number of sulfone groups is 1. The molecule has 1 N–H and O–H groups in total. The van der Waals surface area contributed by atoms with Crippen molar-refractivity contribution in [3.05, 3.63) is 17.5 Å². The fourth-order valence-corrected chi connectivity index (χ4v) is 4.77. The Bertz CT molecular complexity index is 778. The molecule has 0 aliphatic heterocycles. The Kier molecular flexibility index (Phi) is 4.37. The van der Waals surface area contributed by atoms with Crippen LogP contribution in [0.2, 0.25) is 0 Å². The molecule has 0 saturated heterocycles. The van der Waals surface area contributed by atoms with E-state index in [0.717, 1.165) is 23.4 Å². The Hall–Kier alpha value is -1.58. The van der Waals surface area contributed by atoms with Gasteiger partial charge in [-0.3, -0.25) is 9.48 Å². The van der Waals surface area contributed by atoms with E-state index in [2.05, 4.69) is 10.4 Å². The molecule has 0 unspecified atom stereocenters. The molecule has 0 spiro atoms. The van der Waals surface area contributed by atoms with Gasteiger partial charge in [-0.25, -0.2) is 8.42 Å². The van der Waals surface area contributed by atoms with Crippen molar-refractivity contribution in [2.75, 3.05) is 18.6 Å². The van der Waals surface area contributed by atoms with Crippen molar-refractivity contribution in [1.29, 1.82) is 0 Å². The van der Waals surface area contributed by atoms with Crippen molar-refractivity contribution in [2.24, 2.45) is 5.41 Å². The second-order valence-corrected chi connectivity index (χ2v) is 9.33. The molecular formula is C15H20F3N3O3S. The van der Waals surface area contributed by atoms with Gasteiger partial charge in [-0.2, -0.15) is 18.3 Å². The zero-order chi connectivity index (χ0) is 18.5. The van der Waals surface area contributed by atoms with E-state index < -0.39 is 33.0 Å². The lowest BCUT2D eigenvalue weighted by Crippen LogP contribution is -2.46. The average Bonchev–Trinajstić information content (AvgIpc) is 3.17.